The molecule has 0 fully saturated rings. The molecular formula is C56H102N2O7P+. The summed E-state index contributed by atoms with van der Waals surface area (Å²) in [5, 5.41) is 3.01. The van der Waals surface area contributed by atoms with Crippen molar-refractivity contribution in [2.24, 2.45) is 0 Å². The number of unbranched alkanes of at least 4 members (excludes halogenated alkanes) is 21. The highest BCUT2D eigenvalue weighted by atomic mass is 31.2. The highest BCUT2D eigenvalue weighted by Crippen LogP contribution is 2.43. The van der Waals surface area contributed by atoms with Gasteiger partial charge in [0.15, 0.2) is 0 Å². The van der Waals surface area contributed by atoms with Gasteiger partial charge in [0.05, 0.1) is 33.8 Å². The van der Waals surface area contributed by atoms with E-state index in [0.717, 1.165) is 77.0 Å². The number of carbonyl (C=O) groups is 2. The summed E-state index contributed by atoms with van der Waals surface area (Å²) < 4.78 is 30.4. The summed E-state index contributed by atoms with van der Waals surface area (Å²) in [6.45, 7) is 6.81. The van der Waals surface area contributed by atoms with Crippen molar-refractivity contribution < 1.29 is 37.3 Å². The van der Waals surface area contributed by atoms with E-state index < -0.39 is 25.9 Å². The third-order valence-corrected chi connectivity index (χ3v) is 12.4. The van der Waals surface area contributed by atoms with Crippen molar-refractivity contribution in [1.29, 1.82) is 0 Å². The van der Waals surface area contributed by atoms with Crippen molar-refractivity contribution in [3.63, 3.8) is 0 Å². The lowest BCUT2D eigenvalue weighted by Crippen LogP contribution is -2.47. The lowest BCUT2D eigenvalue weighted by Gasteiger charge is -2.27. The van der Waals surface area contributed by atoms with Gasteiger partial charge >= 0.3 is 13.8 Å². The number of hydrogen-bond donors (Lipinski definition) is 2. The van der Waals surface area contributed by atoms with E-state index in [0.29, 0.717) is 30.3 Å². The summed E-state index contributed by atoms with van der Waals surface area (Å²) in [7, 11) is 1.45. The largest absolute Gasteiger partial charge is 0.472 e. The maximum absolute atomic E-state index is 13.4. The van der Waals surface area contributed by atoms with E-state index in [1.165, 1.54) is 96.3 Å². The molecule has 0 aromatic rings. The van der Waals surface area contributed by atoms with Crippen LogP contribution in [0.3, 0.4) is 0 Å². The number of hydrogen-bond acceptors (Lipinski definition) is 6. The van der Waals surface area contributed by atoms with Crippen LogP contribution < -0.4 is 5.32 Å². The van der Waals surface area contributed by atoms with Crippen molar-refractivity contribution in [3.8, 4) is 0 Å². The Balaban J connectivity index is 5.55. The molecule has 0 spiro atoms. The minimum atomic E-state index is -4.46. The highest BCUT2D eigenvalue weighted by Gasteiger charge is 2.30. The molecule has 0 aliphatic rings. The molecule has 0 aliphatic heterocycles. The predicted molar refractivity (Wildman–Crippen MR) is 281 cm³/mol. The topological polar surface area (TPSA) is 111 Å². The molecule has 0 saturated carbocycles. The van der Waals surface area contributed by atoms with Crippen molar-refractivity contribution in [2.75, 3.05) is 40.9 Å². The number of ether oxygens (including phenoxy) is 1. The maximum Gasteiger partial charge on any atom is 0.472 e. The summed E-state index contributed by atoms with van der Waals surface area (Å²) in [4.78, 5) is 37.4. The van der Waals surface area contributed by atoms with Gasteiger partial charge in [0.2, 0.25) is 5.91 Å². The van der Waals surface area contributed by atoms with Crippen molar-refractivity contribution >= 4 is 19.7 Å². The van der Waals surface area contributed by atoms with Gasteiger partial charge in [-0.1, -0.05) is 197 Å². The summed E-state index contributed by atoms with van der Waals surface area (Å²) in [6, 6.07) is -0.883. The quantitative estimate of drug-likeness (QED) is 0.0205. The van der Waals surface area contributed by atoms with Gasteiger partial charge in [-0.25, -0.2) is 4.57 Å². The molecule has 3 atom stereocenters. The van der Waals surface area contributed by atoms with E-state index in [9.17, 15) is 19.0 Å². The molecule has 0 aromatic carbocycles. The van der Waals surface area contributed by atoms with Gasteiger partial charge in [0.25, 0.3) is 0 Å². The number of likely N-dealkylation sites (N-methyl/N-ethyl adjacent to an activating group) is 1. The molecule has 1 amide bonds. The molecular weight excluding hydrogens is 844 g/mol. The number of rotatable bonds is 47. The molecule has 0 aliphatic carbocycles. The Morgan fingerprint density at radius 1 is 0.545 bits per heavy atom. The summed E-state index contributed by atoms with van der Waals surface area (Å²) in [5.41, 5.74) is 0. The van der Waals surface area contributed by atoms with Crippen LogP contribution in [0, 0.1) is 0 Å². The monoisotopic (exact) mass is 946 g/mol. The number of phosphoric acid groups is 1. The second-order valence-electron chi connectivity index (χ2n) is 19.0. The Kier molecular flexibility index (Phi) is 44.4. The first-order chi connectivity index (χ1) is 31.9. The molecule has 66 heavy (non-hydrogen) atoms. The average Bonchev–Trinajstić information content (AvgIpc) is 3.27. The number of carbonyl (C=O) groups excluding carboxylic acids is 2. The van der Waals surface area contributed by atoms with Crippen molar-refractivity contribution in [3.05, 3.63) is 72.9 Å². The van der Waals surface area contributed by atoms with Crippen LogP contribution in [0.4, 0.5) is 0 Å². The average molecular weight is 946 g/mol. The van der Waals surface area contributed by atoms with Crippen molar-refractivity contribution in [1.82, 2.24) is 5.32 Å². The van der Waals surface area contributed by atoms with E-state index in [1.54, 1.807) is 0 Å². The third kappa shape index (κ3) is 46.6. The van der Waals surface area contributed by atoms with Crippen LogP contribution >= 0.6 is 7.82 Å². The standard InChI is InChI=1S/C56H101N2O7P/c1-7-10-13-16-19-22-25-28-31-33-36-39-42-45-48-55(59)57-53(52-64-66(61,62)63-51-50-58(4,5)6)54(47-44-41-38-35-32-29-26-23-20-17-14-11-8-2)65-56(60)49-46-43-40-37-34-30-27-24-21-18-15-12-9-3/h10,13,19,22,28,30-31,34,40,43-44,47,53-54H,7-9,11-12,14-18,20-21,23-27,29,32-33,35-39,41-42,45-46,48-52H2,1-6H3,(H-,57,59,61,62)/p+1/b13-10+,22-19+,31-28+,34-30-,43-40+,47-44+. The van der Waals surface area contributed by atoms with Crippen molar-refractivity contribution in [2.45, 2.75) is 232 Å². The fraction of sp³-hybridized carbons (Fsp3) is 0.750. The number of quaternary nitrogens is 1. The van der Waals surface area contributed by atoms with Crippen LogP contribution in [0.1, 0.15) is 220 Å². The zero-order valence-corrected chi connectivity index (χ0v) is 44.3. The fourth-order valence-corrected chi connectivity index (χ4v) is 7.98. The highest BCUT2D eigenvalue weighted by molar-refractivity contribution is 7.47. The molecule has 2 N–H and O–H groups in total. The number of nitrogens with one attached hydrogen (secondary N) is 1. The van der Waals surface area contributed by atoms with E-state index >= 15 is 0 Å². The van der Waals surface area contributed by atoms with Crippen LogP contribution in [-0.2, 0) is 27.9 Å². The molecule has 0 radical (unpaired) electrons. The van der Waals surface area contributed by atoms with Crippen LogP contribution in [0.5, 0.6) is 0 Å². The van der Waals surface area contributed by atoms with E-state index in [-0.39, 0.29) is 25.5 Å². The molecule has 0 aromatic heterocycles. The molecule has 10 heteroatoms. The summed E-state index contributed by atoms with van der Waals surface area (Å²) in [5.74, 6) is -0.613. The minimum Gasteiger partial charge on any atom is -0.456 e. The van der Waals surface area contributed by atoms with Crippen LogP contribution in [0.2, 0.25) is 0 Å². The Morgan fingerprint density at radius 3 is 1.48 bits per heavy atom. The van der Waals surface area contributed by atoms with E-state index in [2.05, 4.69) is 80.8 Å². The number of phosphoric ester groups is 1. The second-order valence-corrected chi connectivity index (χ2v) is 20.5. The van der Waals surface area contributed by atoms with E-state index in [1.807, 2.05) is 39.4 Å². The first kappa shape index (κ1) is 63.5. The van der Waals surface area contributed by atoms with Gasteiger partial charge in [0.1, 0.15) is 19.3 Å². The SMILES string of the molecule is CC/C=C/C/C=C/C/C=C/CCCCCCC(=O)NC(COP(=O)(O)OCC[N+](C)(C)C)C(/C=C/CCCCCCCCCCCCC)OC(=O)CC/C=C/C/C=C\CCCCCCCC. The second kappa shape index (κ2) is 46.2. The number of allylic oxidation sites excluding steroid dienone is 11. The lowest BCUT2D eigenvalue weighted by molar-refractivity contribution is -0.870. The molecule has 0 rings (SSSR count). The zero-order chi connectivity index (χ0) is 48.7. The van der Waals surface area contributed by atoms with Crippen LogP contribution in [-0.4, -0.2) is 74.3 Å². The number of esters is 1. The first-order valence-corrected chi connectivity index (χ1v) is 28.3. The lowest BCUT2D eigenvalue weighted by atomic mass is 10.0. The summed E-state index contributed by atoms with van der Waals surface area (Å²) in [6.07, 6.45) is 57.7. The molecule has 9 nitrogen and oxygen atoms in total. The summed E-state index contributed by atoms with van der Waals surface area (Å²) >= 11 is 0. The van der Waals surface area contributed by atoms with Crippen LogP contribution in [0.15, 0.2) is 72.9 Å². The molecule has 382 valence electrons. The smallest absolute Gasteiger partial charge is 0.456 e. The van der Waals surface area contributed by atoms with Gasteiger partial charge in [-0.15, -0.1) is 0 Å². The number of amides is 1. The Labute approximate surface area is 406 Å². The molecule has 0 bridgehead atoms. The van der Waals surface area contributed by atoms with Gasteiger partial charge in [-0.2, -0.15) is 0 Å². The first-order valence-electron chi connectivity index (χ1n) is 26.8. The Hall–Kier alpha value is -2.55. The zero-order valence-electron chi connectivity index (χ0n) is 43.4. The van der Waals surface area contributed by atoms with E-state index in [4.69, 9.17) is 13.8 Å². The van der Waals surface area contributed by atoms with Gasteiger partial charge < -0.3 is 19.4 Å². The molecule has 0 heterocycles. The normalized spacial score (nSPS) is 14.5. The maximum atomic E-state index is 13.4. The molecule has 3 unspecified atom stereocenters. The third-order valence-electron chi connectivity index (χ3n) is 11.4. The van der Waals surface area contributed by atoms with Gasteiger partial charge in [-0.05, 0) is 83.1 Å². The fourth-order valence-electron chi connectivity index (χ4n) is 7.24. The molecule has 0 saturated heterocycles. The van der Waals surface area contributed by atoms with Crippen LogP contribution in [0.25, 0.3) is 0 Å². The van der Waals surface area contributed by atoms with Gasteiger partial charge in [-0.3, -0.25) is 18.6 Å². The Bertz CT molecular complexity index is 1370. The predicted octanol–water partition coefficient (Wildman–Crippen LogP) is 15.7. The number of nitrogens with zero attached hydrogens (tertiary/aromatic N) is 1. The Morgan fingerprint density at radius 2 is 0.985 bits per heavy atom. The van der Waals surface area contributed by atoms with Gasteiger partial charge in [0, 0.05) is 12.8 Å². The minimum absolute atomic E-state index is 0.0256.